The van der Waals surface area contributed by atoms with E-state index in [1.165, 1.54) is 10.2 Å². The quantitative estimate of drug-likeness (QED) is 0.501. The van der Waals surface area contributed by atoms with Gasteiger partial charge in [0.25, 0.3) is 0 Å². The van der Waals surface area contributed by atoms with Crippen LogP contribution in [-0.4, -0.2) is 14.6 Å². The molecule has 0 saturated carbocycles. The van der Waals surface area contributed by atoms with Gasteiger partial charge in [0.1, 0.15) is 11.4 Å². The SMILES string of the molecule is Clc1ccccc1CSc1nncn2c1cc1sccc12. The Morgan fingerprint density at radius 3 is 3.00 bits per heavy atom. The molecule has 0 N–H and O–H groups in total. The molecule has 1 aromatic carbocycles. The Bertz CT molecular complexity index is 929. The van der Waals surface area contributed by atoms with Crippen LogP contribution < -0.4 is 0 Å². The zero-order chi connectivity index (χ0) is 14.2. The monoisotopic (exact) mass is 331 g/mol. The number of nitrogens with zero attached hydrogens (tertiary/aromatic N) is 3. The minimum absolute atomic E-state index is 0.785. The summed E-state index contributed by atoms with van der Waals surface area (Å²) in [5.41, 5.74) is 3.40. The minimum Gasteiger partial charge on any atom is -0.295 e. The molecule has 0 radical (unpaired) electrons. The molecule has 0 fully saturated rings. The molecular weight excluding hydrogens is 322 g/mol. The van der Waals surface area contributed by atoms with Gasteiger partial charge in [-0.1, -0.05) is 41.6 Å². The number of rotatable bonds is 3. The molecule has 21 heavy (non-hydrogen) atoms. The van der Waals surface area contributed by atoms with Crippen LogP contribution in [0.1, 0.15) is 5.56 Å². The van der Waals surface area contributed by atoms with Crippen molar-refractivity contribution in [2.45, 2.75) is 10.8 Å². The van der Waals surface area contributed by atoms with E-state index < -0.39 is 0 Å². The van der Waals surface area contributed by atoms with Crippen LogP contribution in [0.25, 0.3) is 15.7 Å². The van der Waals surface area contributed by atoms with Crippen LogP contribution in [0, 0.1) is 0 Å². The summed E-state index contributed by atoms with van der Waals surface area (Å²) < 4.78 is 3.35. The molecule has 0 aliphatic rings. The second-order valence-electron chi connectivity index (χ2n) is 4.59. The van der Waals surface area contributed by atoms with Crippen LogP contribution in [0.15, 0.2) is 53.1 Å². The summed E-state index contributed by atoms with van der Waals surface area (Å²) in [5.74, 6) is 0.785. The van der Waals surface area contributed by atoms with Crippen molar-refractivity contribution in [2.24, 2.45) is 0 Å². The Morgan fingerprint density at radius 1 is 1.19 bits per heavy atom. The van der Waals surface area contributed by atoms with Gasteiger partial charge in [-0.05, 0) is 29.1 Å². The maximum Gasteiger partial charge on any atom is 0.143 e. The second kappa shape index (κ2) is 5.33. The number of thiophene rings is 1. The molecule has 0 aliphatic heterocycles. The lowest BCUT2D eigenvalue weighted by atomic mass is 10.2. The average Bonchev–Trinajstić information content (AvgIpc) is 3.07. The fraction of sp³-hybridized carbons (Fsp3) is 0.0667. The lowest BCUT2D eigenvalue weighted by molar-refractivity contribution is 0.885. The molecule has 104 valence electrons. The first-order chi connectivity index (χ1) is 10.3. The molecule has 0 spiro atoms. The molecule has 6 heteroatoms. The van der Waals surface area contributed by atoms with Crippen molar-refractivity contribution in [3.05, 3.63) is 58.7 Å². The lowest BCUT2D eigenvalue weighted by Crippen LogP contribution is -1.93. The molecule has 0 aliphatic carbocycles. The van der Waals surface area contributed by atoms with Crippen molar-refractivity contribution >= 4 is 50.4 Å². The van der Waals surface area contributed by atoms with E-state index in [1.54, 1.807) is 29.4 Å². The first kappa shape index (κ1) is 13.1. The topological polar surface area (TPSA) is 30.2 Å². The Hall–Kier alpha value is -1.56. The first-order valence-corrected chi connectivity index (χ1v) is 8.63. The highest BCUT2D eigenvalue weighted by Gasteiger charge is 2.10. The van der Waals surface area contributed by atoms with Crippen molar-refractivity contribution in [1.82, 2.24) is 14.6 Å². The third kappa shape index (κ3) is 2.31. The Balaban J connectivity index is 1.72. The normalized spacial score (nSPS) is 11.5. The molecular formula is C15H10ClN3S2. The highest BCUT2D eigenvalue weighted by molar-refractivity contribution is 7.98. The third-order valence-corrected chi connectivity index (χ3v) is 5.56. The summed E-state index contributed by atoms with van der Waals surface area (Å²) in [6, 6.07) is 12.2. The maximum atomic E-state index is 6.20. The van der Waals surface area contributed by atoms with Gasteiger partial charge in [0.15, 0.2) is 0 Å². The zero-order valence-corrected chi connectivity index (χ0v) is 13.3. The van der Waals surface area contributed by atoms with Gasteiger partial charge in [0.05, 0.1) is 15.7 Å². The largest absolute Gasteiger partial charge is 0.295 e. The third-order valence-electron chi connectivity index (χ3n) is 3.32. The summed E-state index contributed by atoms with van der Waals surface area (Å²) in [6.45, 7) is 0. The van der Waals surface area contributed by atoms with Crippen molar-refractivity contribution in [3.63, 3.8) is 0 Å². The number of thioether (sulfide) groups is 1. The Morgan fingerprint density at radius 2 is 2.10 bits per heavy atom. The van der Waals surface area contributed by atoms with E-state index >= 15 is 0 Å². The summed E-state index contributed by atoms with van der Waals surface area (Å²) in [4.78, 5) is 0. The molecule has 3 heterocycles. The van der Waals surface area contributed by atoms with Gasteiger partial charge in [-0.2, -0.15) is 0 Å². The van der Waals surface area contributed by atoms with E-state index in [2.05, 4.69) is 32.1 Å². The van der Waals surface area contributed by atoms with E-state index in [1.807, 2.05) is 24.3 Å². The summed E-state index contributed by atoms with van der Waals surface area (Å²) in [6.07, 6.45) is 1.77. The van der Waals surface area contributed by atoms with Gasteiger partial charge >= 0.3 is 0 Å². The molecule has 0 bridgehead atoms. The van der Waals surface area contributed by atoms with Gasteiger partial charge in [-0.3, -0.25) is 4.40 Å². The minimum atomic E-state index is 0.785. The van der Waals surface area contributed by atoms with E-state index in [0.29, 0.717) is 0 Å². The lowest BCUT2D eigenvalue weighted by Gasteiger charge is -2.04. The van der Waals surface area contributed by atoms with Crippen LogP contribution in [0.2, 0.25) is 5.02 Å². The van der Waals surface area contributed by atoms with Gasteiger partial charge in [-0.25, -0.2) is 0 Å². The number of halogens is 1. The second-order valence-corrected chi connectivity index (χ2v) is 6.90. The molecule has 4 aromatic rings. The number of aromatic nitrogens is 3. The Kier molecular flexibility index (Phi) is 3.33. The van der Waals surface area contributed by atoms with Gasteiger partial charge < -0.3 is 0 Å². The van der Waals surface area contributed by atoms with Crippen molar-refractivity contribution in [2.75, 3.05) is 0 Å². The molecule has 3 aromatic heterocycles. The van der Waals surface area contributed by atoms with Crippen molar-refractivity contribution in [1.29, 1.82) is 0 Å². The van der Waals surface area contributed by atoms with E-state index in [9.17, 15) is 0 Å². The molecule has 0 unspecified atom stereocenters. The fourth-order valence-corrected chi connectivity index (χ4v) is 4.33. The zero-order valence-electron chi connectivity index (χ0n) is 10.9. The number of hydrogen-bond donors (Lipinski definition) is 0. The number of fused-ring (bicyclic) bond motifs is 3. The highest BCUT2D eigenvalue weighted by atomic mass is 35.5. The maximum absolute atomic E-state index is 6.20. The number of benzene rings is 1. The summed E-state index contributed by atoms with van der Waals surface area (Å²) in [7, 11) is 0. The van der Waals surface area contributed by atoms with Crippen LogP contribution in [-0.2, 0) is 5.75 Å². The number of hydrogen-bond acceptors (Lipinski definition) is 4. The standard InChI is InChI=1S/C15H10ClN3S2/c16-11-4-2-1-3-10(11)8-21-15-13-7-14-12(5-6-20-14)19(13)9-17-18-15/h1-7,9H,8H2. The highest BCUT2D eigenvalue weighted by Crippen LogP contribution is 2.32. The Labute approximate surface area is 134 Å². The molecule has 3 nitrogen and oxygen atoms in total. The first-order valence-electron chi connectivity index (χ1n) is 6.39. The van der Waals surface area contributed by atoms with Crippen LogP contribution >= 0.6 is 34.7 Å². The van der Waals surface area contributed by atoms with E-state index in [-0.39, 0.29) is 0 Å². The van der Waals surface area contributed by atoms with Crippen molar-refractivity contribution in [3.8, 4) is 0 Å². The van der Waals surface area contributed by atoms with E-state index in [4.69, 9.17) is 11.6 Å². The summed E-state index contributed by atoms with van der Waals surface area (Å²) in [5, 5.41) is 12.2. The van der Waals surface area contributed by atoms with Gasteiger partial charge in [0.2, 0.25) is 0 Å². The average molecular weight is 332 g/mol. The molecule has 0 atom stereocenters. The molecule has 0 saturated heterocycles. The van der Waals surface area contributed by atoms with E-state index in [0.717, 1.165) is 26.9 Å². The van der Waals surface area contributed by atoms with Crippen LogP contribution in [0.4, 0.5) is 0 Å². The van der Waals surface area contributed by atoms with Gasteiger partial charge in [-0.15, -0.1) is 21.5 Å². The summed E-state index contributed by atoms with van der Waals surface area (Å²) >= 11 is 9.60. The predicted molar refractivity (Wildman–Crippen MR) is 89.4 cm³/mol. The molecule has 0 amide bonds. The van der Waals surface area contributed by atoms with Crippen LogP contribution in [0.5, 0.6) is 0 Å². The smallest absolute Gasteiger partial charge is 0.143 e. The fourth-order valence-electron chi connectivity index (χ4n) is 2.28. The van der Waals surface area contributed by atoms with Crippen LogP contribution in [0.3, 0.4) is 0 Å². The predicted octanol–water partition coefficient (Wildman–Crippen LogP) is 4.89. The molecule has 4 rings (SSSR count). The van der Waals surface area contributed by atoms with Crippen molar-refractivity contribution < 1.29 is 0 Å². The van der Waals surface area contributed by atoms with Gasteiger partial charge in [0, 0.05) is 10.8 Å².